The first-order valence-electron chi connectivity index (χ1n) is 7.92. The van der Waals surface area contributed by atoms with Crippen molar-refractivity contribution < 1.29 is 0 Å². The molecule has 0 bridgehead atoms. The van der Waals surface area contributed by atoms with Crippen molar-refractivity contribution >= 4 is 5.82 Å². The summed E-state index contributed by atoms with van der Waals surface area (Å²) in [5.41, 5.74) is 3.78. The van der Waals surface area contributed by atoms with Crippen LogP contribution in [-0.4, -0.2) is 16.5 Å². The minimum Gasteiger partial charge on any atom is -0.370 e. The van der Waals surface area contributed by atoms with Crippen LogP contribution < -0.4 is 5.32 Å². The van der Waals surface area contributed by atoms with Gasteiger partial charge in [-0.2, -0.15) is 0 Å². The molecule has 2 aromatic rings. The van der Waals surface area contributed by atoms with E-state index in [4.69, 9.17) is 4.98 Å². The lowest BCUT2D eigenvalue weighted by molar-refractivity contribution is 0.887. The Labute approximate surface area is 126 Å². The normalized spacial score (nSPS) is 14.2. The summed E-state index contributed by atoms with van der Waals surface area (Å²) in [5.74, 6) is 2.57. The van der Waals surface area contributed by atoms with E-state index in [1.54, 1.807) is 0 Å². The Kier molecular flexibility index (Phi) is 4.18. The molecule has 1 aromatic carbocycles. The summed E-state index contributed by atoms with van der Waals surface area (Å²) in [7, 11) is 0. The summed E-state index contributed by atoms with van der Waals surface area (Å²) in [5, 5.41) is 3.40. The summed E-state index contributed by atoms with van der Waals surface area (Å²) in [6.45, 7) is 5.25. The van der Waals surface area contributed by atoms with Gasteiger partial charge >= 0.3 is 0 Å². The molecule has 0 saturated heterocycles. The molecule has 0 unspecified atom stereocenters. The number of anilines is 1. The molecule has 0 atom stereocenters. The molecule has 3 nitrogen and oxygen atoms in total. The lowest BCUT2D eigenvalue weighted by atomic mass is 10.1. The molecule has 0 spiro atoms. The van der Waals surface area contributed by atoms with Crippen LogP contribution in [0.4, 0.5) is 5.82 Å². The van der Waals surface area contributed by atoms with Crippen molar-refractivity contribution in [2.24, 2.45) is 0 Å². The lowest BCUT2D eigenvalue weighted by Crippen LogP contribution is -2.07. The summed E-state index contributed by atoms with van der Waals surface area (Å²) >= 11 is 0. The number of hydrogen-bond acceptors (Lipinski definition) is 3. The van der Waals surface area contributed by atoms with Gasteiger partial charge in [0.25, 0.3) is 0 Å². The molecule has 1 aliphatic rings. The third-order valence-corrected chi connectivity index (χ3v) is 3.83. The van der Waals surface area contributed by atoms with Crippen molar-refractivity contribution in [2.45, 2.75) is 45.4 Å². The predicted octanol–water partition coefficient (Wildman–Crippen LogP) is 4.08. The average Bonchev–Trinajstić information content (AvgIpc) is 3.32. The molecular formula is C18H23N3. The highest BCUT2D eigenvalue weighted by molar-refractivity contribution is 5.39. The zero-order chi connectivity index (χ0) is 14.7. The first-order valence-corrected chi connectivity index (χ1v) is 7.92. The predicted molar refractivity (Wildman–Crippen MR) is 86.8 cm³/mol. The fourth-order valence-corrected chi connectivity index (χ4v) is 2.42. The standard InChI is InChI=1S/C18H23N3/c1-3-10-19-17-12-16(15-8-9-15)20-18(21-17)11-14-6-4-13(2)5-7-14/h4-7,12,15H,3,8-11H2,1-2H3,(H,19,20,21). The van der Waals surface area contributed by atoms with Gasteiger partial charge in [-0.15, -0.1) is 0 Å². The first kappa shape index (κ1) is 14.1. The molecule has 1 aromatic heterocycles. The second-order valence-electron chi connectivity index (χ2n) is 5.96. The average molecular weight is 281 g/mol. The quantitative estimate of drug-likeness (QED) is 0.867. The zero-order valence-electron chi connectivity index (χ0n) is 12.9. The molecular weight excluding hydrogens is 258 g/mol. The van der Waals surface area contributed by atoms with Crippen molar-refractivity contribution in [2.75, 3.05) is 11.9 Å². The number of benzene rings is 1. The van der Waals surface area contributed by atoms with Crippen LogP contribution in [0.3, 0.4) is 0 Å². The maximum absolute atomic E-state index is 4.77. The zero-order valence-corrected chi connectivity index (χ0v) is 12.9. The van der Waals surface area contributed by atoms with Crippen molar-refractivity contribution in [3.8, 4) is 0 Å². The Morgan fingerprint density at radius 3 is 2.57 bits per heavy atom. The Bertz CT molecular complexity index is 600. The monoisotopic (exact) mass is 281 g/mol. The Balaban J connectivity index is 1.82. The van der Waals surface area contributed by atoms with E-state index in [2.05, 4.69) is 54.5 Å². The van der Waals surface area contributed by atoms with Gasteiger partial charge in [0.2, 0.25) is 0 Å². The molecule has 3 heteroatoms. The third-order valence-electron chi connectivity index (χ3n) is 3.83. The molecule has 0 aliphatic heterocycles. The minimum absolute atomic E-state index is 0.659. The summed E-state index contributed by atoms with van der Waals surface area (Å²) in [6.07, 6.45) is 4.46. The maximum Gasteiger partial charge on any atom is 0.135 e. The molecule has 1 heterocycles. The minimum atomic E-state index is 0.659. The van der Waals surface area contributed by atoms with Crippen molar-refractivity contribution in [3.63, 3.8) is 0 Å². The SMILES string of the molecule is CCCNc1cc(C2CC2)nc(Cc2ccc(C)cc2)n1. The molecule has 0 amide bonds. The van der Waals surface area contributed by atoms with Crippen LogP contribution in [0.5, 0.6) is 0 Å². The van der Waals surface area contributed by atoms with Gasteiger partial charge < -0.3 is 5.32 Å². The topological polar surface area (TPSA) is 37.8 Å². The molecule has 1 saturated carbocycles. The number of nitrogens with one attached hydrogen (secondary N) is 1. The van der Waals surface area contributed by atoms with Gasteiger partial charge in [-0.3, -0.25) is 0 Å². The molecule has 1 N–H and O–H groups in total. The van der Waals surface area contributed by atoms with Crippen LogP contribution in [0.15, 0.2) is 30.3 Å². The van der Waals surface area contributed by atoms with Gasteiger partial charge in [0.05, 0.1) is 0 Å². The molecule has 21 heavy (non-hydrogen) atoms. The van der Waals surface area contributed by atoms with Crippen LogP contribution >= 0.6 is 0 Å². The largest absolute Gasteiger partial charge is 0.370 e. The van der Waals surface area contributed by atoms with E-state index < -0.39 is 0 Å². The highest BCUT2D eigenvalue weighted by Crippen LogP contribution is 2.39. The van der Waals surface area contributed by atoms with Crippen LogP contribution in [0.25, 0.3) is 0 Å². The number of aryl methyl sites for hydroxylation is 1. The van der Waals surface area contributed by atoms with Gasteiger partial charge in [0.15, 0.2) is 0 Å². The van der Waals surface area contributed by atoms with Crippen LogP contribution in [0, 0.1) is 6.92 Å². The van der Waals surface area contributed by atoms with E-state index in [1.165, 1.54) is 29.7 Å². The van der Waals surface area contributed by atoms with E-state index in [1.807, 2.05) is 0 Å². The van der Waals surface area contributed by atoms with Gasteiger partial charge in [-0.05, 0) is 31.7 Å². The molecule has 110 valence electrons. The maximum atomic E-state index is 4.77. The van der Waals surface area contributed by atoms with Crippen molar-refractivity contribution in [3.05, 3.63) is 53.0 Å². The fraction of sp³-hybridized carbons (Fsp3) is 0.444. The van der Waals surface area contributed by atoms with Crippen molar-refractivity contribution in [1.29, 1.82) is 0 Å². The smallest absolute Gasteiger partial charge is 0.135 e. The van der Waals surface area contributed by atoms with Crippen LogP contribution in [-0.2, 0) is 6.42 Å². The lowest BCUT2D eigenvalue weighted by Gasteiger charge is -2.09. The molecule has 0 radical (unpaired) electrons. The number of hydrogen-bond donors (Lipinski definition) is 1. The fourth-order valence-electron chi connectivity index (χ4n) is 2.42. The highest BCUT2D eigenvalue weighted by Gasteiger charge is 2.26. The van der Waals surface area contributed by atoms with E-state index in [0.29, 0.717) is 5.92 Å². The summed E-state index contributed by atoms with van der Waals surface area (Å²) < 4.78 is 0. The van der Waals surface area contributed by atoms with Crippen LogP contribution in [0.2, 0.25) is 0 Å². The second kappa shape index (κ2) is 6.25. The van der Waals surface area contributed by atoms with E-state index in [0.717, 1.165) is 31.0 Å². The number of rotatable bonds is 6. The Morgan fingerprint density at radius 1 is 1.14 bits per heavy atom. The van der Waals surface area contributed by atoms with E-state index in [9.17, 15) is 0 Å². The Morgan fingerprint density at radius 2 is 1.90 bits per heavy atom. The molecule has 1 fully saturated rings. The number of aromatic nitrogens is 2. The van der Waals surface area contributed by atoms with Gasteiger partial charge in [0.1, 0.15) is 11.6 Å². The van der Waals surface area contributed by atoms with Crippen LogP contribution in [0.1, 0.15) is 54.7 Å². The molecule has 1 aliphatic carbocycles. The van der Waals surface area contributed by atoms with Gasteiger partial charge in [-0.1, -0.05) is 36.8 Å². The van der Waals surface area contributed by atoms with Gasteiger partial charge in [-0.25, -0.2) is 9.97 Å². The van der Waals surface area contributed by atoms with Crippen molar-refractivity contribution in [1.82, 2.24) is 9.97 Å². The molecule has 3 rings (SSSR count). The Hall–Kier alpha value is -1.90. The number of nitrogens with zero attached hydrogens (tertiary/aromatic N) is 2. The van der Waals surface area contributed by atoms with E-state index in [-0.39, 0.29) is 0 Å². The summed E-state index contributed by atoms with van der Waals surface area (Å²) in [4.78, 5) is 9.45. The second-order valence-corrected chi connectivity index (χ2v) is 5.96. The third kappa shape index (κ3) is 3.81. The highest BCUT2D eigenvalue weighted by atomic mass is 15.0. The summed E-state index contributed by atoms with van der Waals surface area (Å²) in [6, 6.07) is 10.8. The first-order chi connectivity index (χ1) is 10.2. The van der Waals surface area contributed by atoms with Gasteiger partial charge in [0, 0.05) is 30.6 Å². The van der Waals surface area contributed by atoms with E-state index >= 15 is 0 Å².